The minimum atomic E-state index is -1.10. The molecule has 2 fully saturated rings. The average molecular weight is 307 g/mol. The number of nitrogens with zero attached hydrogens (tertiary/aromatic N) is 3. The van der Waals surface area contributed by atoms with E-state index < -0.39 is 36.9 Å². The van der Waals surface area contributed by atoms with Crippen LogP contribution in [0.25, 0.3) is 10.4 Å². The fourth-order valence-electron chi connectivity index (χ4n) is 2.75. The molecule has 0 aromatic heterocycles. The van der Waals surface area contributed by atoms with E-state index in [1.165, 1.54) is 7.11 Å². The van der Waals surface area contributed by atoms with Gasteiger partial charge in [0.05, 0.1) is 12.6 Å². The van der Waals surface area contributed by atoms with Crippen molar-refractivity contribution in [3.05, 3.63) is 46.3 Å². The molecule has 1 aromatic carbocycles. The summed E-state index contributed by atoms with van der Waals surface area (Å²) >= 11 is 0. The standard InChI is InChI=1S/C14H17N3O5/c1-19-14-11(18)10(16-17-15)12-9(21-14)7-20-13(22-12)8-5-3-2-4-6-8/h2-6,9-14,18H,7H2,1H3/t9-,10+,11-,12+,13+,14-/m1/s1. The van der Waals surface area contributed by atoms with Crippen LogP contribution in [0.4, 0.5) is 0 Å². The van der Waals surface area contributed by atoms with E-state index in [0.29, 0.717) is 0 Å². The van der Waals surface area contributed by atoms with Crippen LogP contribution in [-0.4, -0.2) is 49.5 Å². The van der Waals surface area contributed by atoms with Gasteiger partial charge in [0.1, 0.15) is 18.3 Å². The molecule has 1 aromatic rings. The summed E-state index contributed by atoms with van der Waals surface area (Å²) in [5.41, 5.74) is 9.60. The van der Waals surface area contributed by atoms with Crippen LogP contribution in [-0.2, 0) is 18.9 Å². The van der Waals surface area contributed by atoms with Crippen LogP contribution in [0.3, 0.4) is 0 Å². The van der Waals surface area contributed by atoms with Gasteiger partial charge in [-0.2, -0.15) is 0 Å². The molecule has 8 nitrogen and oxygen atoms in total. The van der Waals surface area contributed by atoms with Gasteiger partial charge in [0.15, 0.2) is 12.6 Å². The molecule has 8 heteroatoms. The first-order valence-electron chi connectivity index (χ1n) is 6.97. The number of aliphatic hydroxyl groups is 1. The minimum absolute atomic E-state index is 0.258. The minimum Gasteiger partial charge on any atom is -0.387 e. The molecule has 0 saturated carbocycles. The maximum Gasteiger partial charge on any atom is 0.184 e. The first-order valence-corrected chi connectivity index (χ1v) is 6.97. The first-order chi connectivity index (χ1) is 10.7. The SMILES string of the molecule is CO[C@@H]1O[C@@H]2CO[C@H](c3ccccc3)O[C@@H]2[C@@H](N=[N+]=[N-])[C@H]1O. The first kappa shape index (κ1) is 15.2. The molecule has 2 saturated heterocycles. The Morgan fingerprint density at radius 1 is 1.32 bits per heavy atom. The molecule has 0 radical (unpaired) electrons. The second-order valence-electron chi connectivity index (χ2n) is 5.14. The molecule has 0 aliphatic carbocycles. The maximum atomic E-state index is 10.2. The van der Waals surface area contributed by atoms with Crippen molar-refractivity contribution in [1.29, 1.82) is 0 Å². The third kappa shape index (κ3) is 2.80. The Hall–Kier alpha value is -1.67. The highest BCUT2D eigenvalue weighted by atomic mass is 16.7. The van der Waals surface area contributed by atoms with E-state index in [-0.39, 0.29) is 6.61 Å². The zero-order chi connectivity index (χ0) is 15.5. The van der Waals surface area contributed by atoms with Crippen molar-refractivity contribution in [2.75, 3.05) is 13.7 Å². The van der Waals surface area contributed by atoms with Crippen molar-refractivity contribution < 1.29 is 24.1 Å². The molecule has 22 heavy (non-hydrogen) atoms. The molecule has 1 N–H and O–H groups in total. The van der Waals surface area contributed by atoms with Gasteiger partial charge in [0.25, 0.3) is 0 Å². The largest absolute Gasteiger partial charge is 0.387 e. The summed E-state index contributed by atoms with van der Waals surface area (Å²) < 4.78 is 22.2. The van der Waals surface area contributed by atoms with Gasteiger partial charge in [0, 0.05) is 17.6 Å². The molecule has 2 aliphatic heterocycles. The zero-order valence-corrected chi connectivity index (χ0v) is 12.0. The van der Waals surface area contributed by atoms with Crippen LogP contribution in [0.1, 0.15) is 11.9 Å². The molecular weight excluding hydrogens is 290 g/mol. The van der Waals surface area contributed by atoms with Crippen molar-refractivity contribution in [1.82, 2.24) is 0 Å². The average Bonchev–Trinajstić information content (AvgIpc) is 2.57. The lowest BCUT2D eigenvalue weighted by Gasteiger charge is -2.46. The van der Waals surface area contributed by atoms with Crippen molar-refractivity contribution >= 4 is 0 Å². The quantitative estimate of drug-likeness (QED) is 0.517. The summed E-state index contributed by atoms with van der Waals surface area (Å²) in [5, 5.41) is 13.9. The van der Waals surface area contributed by atoms with E-state index in [1.807, 2.05) is 30.3 Å². The lowest BCUT2D eigenvalue weighted by molar-refractivity contribution is -0.337. The van der Waals surface area contributed by atoms with Gasteiger partial charge in [-0.3, -0.25) is 0 Å². The van der Waals surface area contributed by atoms with Crippen LogP contribution in [0.15, 0.2) is 35.4 Å². The van der Waals surface area contributed by atoms with E-state index in [2.05, 4.69) is 10.0 Å². The zero-order valence-electron chi connectivity index (χ0n) is 12.0. The highest BCUT2D eigenvalue weighted by Gasteiger charge is 2.49. The monoisotopic (exact) mass is 307 g/mol. The molecule has 2 heterocycles. The predicted octanol–water partition coefficient (Wildman–Crippen LogP) is 1.51. The van der Waals surface area contributed by atoms with Crippen molar-refractivity contribution in [3.8, 4) is 0 Å². The predicted molar refractivity (Wildman–Crippen MR) is 74.6 cm³/mol. The lowest BCUT2D eigenvalue weighted by atomic mass is 9.96. The molecule has 2 aliphatic rings. The van der Waals surface area contributed by atoms with Gasteiger partial charge in [-0.15, -0.1) is 0 Å². The van der Waals surface area contributed by atoms with E-state index in [0.717, 1.165) is 5.56 Å². The molecule has 0 unspecified atom stereocenters. The Bertz CT molecular complexity index is 551. The highest BCUT2D eigenvalue weighted by molar-refractivity contribution is 5.16. The Balaban J connectivity index is 1.82. The van der Waals surface area contributed by atoms with Crippen LogP contribution in [0, 0.1) is 0 Å². The number of aliphatic hydroxyl groups excluding tert-OH is 1. The van der Waals surface area contributed by atoms with Crippen molar-refractivity contribution in [2.45, 2.75) is 36.9 Å². The van der Waals surface area contributed by atoms with Gasteiger partial charge >= 0.3 is 0 Å². The summed E-state index contributed by atoms with van der Waals surface area (Å²) in [4.78, 5) is 2.80. The summed E-state index contributed by atoms with van der Waals surface area (Å²) in [6, 6.07) is 8.62. The van der Waals surface area contributed by atoms with E-state index in [9.17, 15) is 5.11 Å². The summed E-state index contributed by atoms with van der Waals surface area (Å²) in [5.74, 6) is 0. The summed E-state index contributed by atoms with van der Waals surface area (Å²) in [7, 11) is 1.42. The summed E-state index contributed by atoms with van der Waals surface area (Å²) in [6.45, 7) is 0.258. The number of ether oxygens (including phenoxy) is 4. The van der Waals surface area contributed by atoms with Gasteiger partial charge < -0.3 is 24.1 Å². The van der Waals surface area contributed by atoms with Gasteiger partial charge in [-0.1, -0.05) is 35.4 Å². The van der Waals surface area contributed by atoms with E-state index in [4.69, 9.17) is 24.5 Å². The number of fused-ring (bicyclic) bond motifs is 1. The summed E-state index contributed by atoms with van der Waals surface area (Å²) in [6.07, 6.45) is -3.64. The number of hydrogen-bond acceptors (Lipinski definition) is 6. The second-order valence-corrected chi connectivity index (χ2v) is 5.14. The fraction of sp³-hybridized carbons (Fsp3) is 0.571. The Labute approximate surface area is 127 Å². The van der Waals surface area contributed by atoms with Crippen LogP contribution in [0.2, 0.25) is 0 Å². The molecule has 0 bridgehead atoms. The lowest BCUT2D eigenvalue weighted by Crippen LogP contribution is -2.61. The highest BCUT2D eigenvalue weighted by Crippen LogP contribution is 2.35. The normalized spacial score (nSPS) is 37.9. The number of benzene rings is 1. The maximum absolute atomic E-state index is 10.2. The van der Waals surface area contributed by atoms with Gasteiger partial charge in [-0.05, 0) is 5.53 Å². The van der Waals surface area contributed by atoms with Gasteiger partial charge in [-0.25, -0.2) is 0 Å². The number of methoxy groups -OCH3 is 1. The number of hydrogen-bond donors (Lipinski definition) is 1. The Morgan fingerprint density at radius 3 is 2.77 bits per heavy atom. The fourth-order valence-corrected chi connectivity index (χ4v) is 2.75. The molecule has 118 valence electrons. The Kier molecular flexibility index (Phi) is 4.58. The third-order valence-electron chi connectivity index (χ3n) is 3.82. The number of rotatable bonds is 3. The van der Waals surface area contributed by atoms with Crippen molar-refractivity contribution in [2.24, 2.45) is 5.11 Å². The van der Waals surface area contributed by atoms with E-state index in [1.54, 1.807) is 0 Å². The smallest absolute Gasteiger partial charge is 0.184 e. The van der Waals surface area contributed by atoms with Crippen molar-refractivity contribution in [3.63, 3.8) is 0 Å². The molecule has 0 amide bonds. The second kappa shape index (κ2) is 6.62. The van der Waals surface area contributed by atoms with E-state index >= 15 is 0 Å². The Morgan fingerprint density at radius 2 is 2.09 bits per heavy atom. The van der Waals surface area contributed by atoms with Crippen LogP contribution < -0.4 is 0 Å². The molecular formula is C14H17N3O5. The van der Waals surface area contributed by atoms with Crippen LogP contribution in [0.5, 0.6) is 0 Å². The third-order valence-corrected chi connectivity index (χ3v) is 3.82. The van der Waals surface area contributed by atoms with Crippen LogP contribution >= 0.6 is 0 Å². The topological polar surface area (TPSA) is 106 Å². The molecule has 0 spiro atoms. The van der Waals surface area contributed by atoms with Gasteiger partial charge in [0.2, 0.25) is 0 Å². The number of azide groups is 1. The molecule has 6 atom stereocenters. The molecule has 3 rings (SSSR count).